The topological polar surface area (TPSA) is 40.5 Å². The first-order valence-corrected chi connectivity index (χ1v) is 5.75. The SMILES string of the molecule is COc1ccc(Cn2cc3c(c2)C(=O)OC3)cc1. The van der Waals surface area contributed by atoms with Gasteiger partial charge in [-0.2, -0.15) is 0 Å². The van der Waals surface area contributed by atoms with Gasteiger partial charge in [-0.25, -0.2) is 4.79 Å². The Balaban J connectivity index is 1.80. The summed E-state index contributed by atoms with van der Waals surface area (Å²) in [7, 11) is 1.65. The molecule has 0 radical (unpaired) electrons. The van der Waals surface area contributed by atoms with Crippen molar-refractivity contribution in [2.75, 3.05) is 7.11 Å². The highest BCUT2D eigenvalue weighted by Crippen LogP contribution is 2.21. The number of nitrogens with zero attached hydrogens (tertiary/aromatic N) is 1. The highest BCUT2D eigenvalue weighted by molar-refractivity contribution is 5.93. The molecule has 92 valence electrons. The summed E-state index contributed by atoms with van der Waals surface area (Å²) in [5, 5.41) is 0. The van der Waals surface area contributed by atoms with Crippen molar-refractivity contribution in [1.29, 1.82) is 0 Å². The van der Waals surface area contributed by atoms with Crippen LogP contribution in [0, 0.1) is 0 Å². The molecule has 0 saturated heterocycles. The highest BCUT2D eigenvalue weighted by Gasteiger charge is 2.22. The lowest BCUT2D eigenvalue weighted by molar-refractivity contribution is 0.0533. The van der Waals surface area contributed by atoms with Gasteiger partial charge in [-0.1, -0.05) is 12.1 Å². The van der Waals surface area contributed by atoms with Crippen LogP contribution in [0.25, 0.3) is 0 Å². The molecule has 3 rings (SSSR count). The molecular weight excluding hydrogens is 230 g/mol. The molecule has 0 bridgehead atoms. The van der Waals surface area contributed by atoms with Crippen LogP contribution in [0.4, 0.5) is 0 Å². The summed E-state index contributed by atoms with van der Waals surface area (Å²) in [4.78, 5) is 11.4. The number of fused-ring (bicyclic) bond motifs is 1. The van der Waals surface area contributed by atoms with Crippen molar-refractivity contribution in [3.8, 4) is 5.75 Å². The van der Waals surface area contributed by atoms with Crippen LogP contribution in [-0.4, -0.2) is 17.6 Å². The minimum atomic E-state index is -0.224. The molecular formula is C14H13NO3. The van der Waals surface area contributed by atoms with Crippen molar-refractivity contribution in [3.05, 3.63) is 53.3 Å². The maximum atomic E-state index is 11.4. The fourth-order valence-electron chi connectivity index (χ4n) is 2.11. The van der Waals surface area contributed by atoms with Crippen LogP contribution in [0.3, 0.4) is 0 Å². The number of cyclic esters (lactones) is 1. The predicted octanol–water partition coefficient (Wildman–Crippen LogP) is 2.22. The van der Waals surface area contributed by atoms with Crippen molar-refractivity contribution >= 4 is 5.97 Å². The summed E-state index contributed by atoms with van der Waals surface area (Å²) in [6.07, 6.45) is 3.80. The Labute approximate surface area is 105 Å². The smallest absolute Gasteiger partial charge is 0.340 e. The van der Waals surface area contributed by atoms with Crippen LogP contribution in [-0.2, 0) is 17.9 Å². The third kappa shape index (κ3) is 1.86. The van der Waals surface area contributed by atoms with Crippen LogP contribution < -0.4 is 4.74 Å². The van der Waals surface area contributed by atoms with E-state index in [1.54, 1.807) is 7.11 Å². The van der Waals surface area contributed by atoms with Crippen LogP contribution in [0.15, 0.2) is 36.7 Å². The average molecular weight is 243 g/mol. The maximum absolute atomic E-state index is 11.4. The molecule has 1 aliphatic rings. The van der Waals surface area contributed by atoms with E-state index in [1.807, 2.05) is 41.2 Å². The normalized spacial score (nSPS) is 13.3. The zero-order valence-electron chi connectivity index (χ0n) is 10.1. The number of ether oxygens (including phenoxy) is 2. The third-order valence-electron chi connectivity index (χ3n) is 3.07. The summed E-state index contributed by atoms with van der Waals surface area (Å²) in [5.74, 6) is 0.621. The second kappa shape index (κ2) is 4.22. The van der Waals surface area contributed by atoms with Crippen LogP contribution >= 0.6 is 0 Å². The summed E-state index contributed by atoms with van der Waals surface area (Å²) in [5.41, 5.74) is 2.81. The van der Waals surface area contributed by atoms with Gasteiger partial charge in [0.1, 0.15) is 12.4 Å². The van der Waals surface area contributed by atoms with Crippen molar-refractivity contribution in [2.24, 2.45) is 0 Å². The standard InChI is InChI=1S/C14H13NO3/c1-17-12-4-2-10(3-5-12)6-15-7-11-9-18-14(16)13(11)8-15/h2-5,7-8H,6,9H2,1H3. The average Bonchev–Trinajstić information content (AvgIpc) is 2.93. The monoisotopic (exact) mass is 243 g/mol. The van der Waals surface area contributed by atoms with Gasteiger partial charge in [0.15, 0.2) is 0 Å². The first-order valence-electron chi connectivity index (χ1n) is 5.75. The molecule has 2 heterocycles. The van der Waals surface area contributed by atoms with Crippen molar-refractivity contribution < 1.29 is 14.3 Å². The number of carbonyl (C=O) groups excluding carboxylic acids is 1. The van der Waals surface area contributed by atoms with E-state index < -0.39 is 0 Å². The summed E-state index contributed by atoms with van der Waals surface area (Å²) in [6, 6.07) is 7.89. The van der Waals surface area contributed by atoms with Crippen molar-refractivity contribution in [2.45, 2.75) is 13.2 Å². The van der Waals surface area contributed by atoms with E-state index in [4.69, 9.17) is 9.47 Å². The largest absolute Gasteiger partial charge is 0.497 e. The molecule has 0 amide bonds. The summed E-state index contributed by atoms with van der Waals surface area (Å²) >= 11 is 0. The van der Waals surface area contributed by atoms with E-state index in [2.05, 4.69) is 0 Å². The molecule has 0 aliphatic carbocycles. The lowest BCUT2D eigenvalue weighted by Crippen LogP contribution is -1.99. The van der Waals surface area contributed by atoms with Crippen LogP contribution in [0.1, 0.15) is 21.5 Å². The summed E-state index contributed by atoms with van der Waals surface area (Å²) in [6.45, 7) is 1.13. The van der Waals surface area contributed by atoms with Gasteiger partial charge < -0.3 is 14.0 Å². The first-order chi connectivity index (χ1) is 8.76. The van der Waals surface area contributed by atoms with Gasteiger partial charge in [-0.05, 0) is 17.7 Å². The minimum absolute atomic E-state index is 0.224. The number of benzene rings is 1. The second-order valence-corrected chi connectivity index (χ2v) is 4.29. The van der Waals surface area contributed by atoms with Gasteiger partial charge in [0, 0.05) is 24.5 Å². The zero-order chi connectivity index (χ0) is 12.5. The van der Waals surface area contributed by atoms with Crippen LogP contribution in [0.2, 0.25) is 0 Å². The zero-order valence-corrected chi connectivity index (χ0v) is 10.1. The molecule has 0 atom stereocenters. The maximum Gasteiger partial charge on any atom is 0.340 e. The Kier molecular flexibility index (Phi) is 2.55. The Morgan fingerprint density at radius 3 is 2.72 bits per heavy atom. The van der Waals surface area contributed by atoms with E-state index in [-0.39, 0.29) is 5.97 Å². The van der Waals surface area contributed by atoms with Gasteiger partial charge in [0.05, 0.1) is 12.7 Å². The molecule has 0 unspecified atom stereocenters. The second-order valence-electron chi connectivity index (χ2n) is 4.29. The molecule has 0 N–H and O–H groups in total. The molecule has 0 fully saturated rings. The predicted molar refractivity (Wildman–Crippen MR) is 65.6 cm³/mol. The molecule has 0 spiro atoms. The number of rotatable bonds is 3. The lowest BCUT2D eigenvalue weighted by atomic mass is 10.2. The Hall–Kier alpha value is -2.23. The molecule has 1 aromatic heterocycles. The fraction of sp³-hybridized carbons (Fsp3) is 0.214. The number of methoxy groups -OCH3 is 1. The van der Waals surface area contributed by atoms with E-state index >= 15 is 0 Å². The number of hydrogen-bond donors (Lipinski definition) is 0. The minimum Gasteiger partial charge on any atom is -0.497 e. The van der Waals surface area contributed by atoms with E-state index in [9.17, 15) is 4.79 Å². The lowest BCUT2D eigenvalue weighted by Gasteiger charge is -2.05. The van der Waals surface area contributed by atoms with Gasteiger partial charge >= 0.3 is 5.97 Å². The van der Waals surface area contributed by atoms with Crippen LogP contribution in [0.5, 0.6) is 5.75 Å². The van der Waals surface area contributed by atoms with E-state index in [1.165, 1.54) is 0 Å². The van der Waals surface area contributed by atoms with Crippen molar-refractivity contribution in [3.63, 3.8) is 0 Å². The molecule has 4 heteroatoms. The molecule has 1 aliphatic heterocycles. The van der Waals surface area contributed by atoms with E-state index in [0.717, 1.165) is 23.4 Å². The summed E-state index contributed by atoms with van der Waals surface area (Å²) < 4.78 is 12.1. The van der Waals surface area contributed by atoms with E-state index in [0.29, 0.717) is 12.2 Å². The Morgan fingerprint density at radius 1 is 1.28 bits per heavy atom. The molecule has 4 nitrogen and oxygen atoms in total. The third-order valence-corrected chi connectivity index (χ3v) is 3.07. The Morgan fingerprint density at radius 2 is 2.06 bits per heavy atom. The molecule has 2 aromatic rings. The molecule has 18 heavy (non-hydrogen) atoms. The van der Waals surface area contributed by atoms with Gasteiger partial charge in [0.2, 0.25) is 0 Å². The molecule has 0 saturated carbocycles. The highest BCUT2D eigenvalue weighted by atomic mass is 16.5. The number of aromatic nitrogens is 1. The number of carbonyl (C=O) groups is 1. The fourth-order valence-corrected chi connectivity index (χ4v) is 2.11. The number of hydrogen-bond acceptors (Lipinski definition) is 3. The van der Waals surface area contributed by atoms with Gasteiger partial charge in [-0.3, -0.25) is 0 Å². The Bertz CT molecular complexity index is 584. The first kappa shape index (κ1) is 10.9. The molecule has 1 aromatic carbocycles. The number of esters is 1. The van der Waals surface area contributed by atoms with Gasteiger partial charge in [0.25, 0.3) is 0 Å². The quantitative estimate of drug-likeness (QED) is 0.776. The van der Waals surface area contributed by atoms with Crippen molar-refractivity contribution in [1.82, 2.24) is 4.57 Å². The van der Waals surface area contributed by atoms with Gasteiger partial charge in [-0.15, -0.1) is 0 Å².